The fourth-order valence-electron chi connectivity index (χ4n) is 1.78. The Balaban J connectivity index is 2.25. The standard InChI is InChI=1S/C8H17NO/c9-5-7-2-1-3-8(4-7)6-10/h7-8,10H,1-6,9H2/t7-,8+/m0/s1. The van der Waals surface area contributed by atoms with Crippen molar-refractivity contribution in [1.29, 1.82) is 0 Å². The Morgan fingerprint density at radius 1 is 1.30 bits per heavy atom. The predicted molar refractivity (Wildman–Crippen MR) is 41.6 cm³/mol. The van der Waals surface area contributed by atoms with Crippen LogP contribution in [0.25, 0.3) is 0 Å². The van der Waals surface area contributed by atoms with Crippen LogP contribution in [0.5, 0.6) is 0 Å². The van der Waals surface area contributed by atoms with E-state index in [9.17, 15) is 0 Å². The molecule has 3 N–H and O–H groups in total. The van der Waals surface area contributed by atoms with E-state index in [0.29, 0.717) is 18.4 Å². The third-order valence-electron chi connectivity index (χ3n) is 2.48. The number of hydrogen-bond donors (Lipinski definition) is 2. The monoisotopic (exact) mass is 143 g/mol. The van der Waals surface area contributed by atoms with Crippen LogP contribution in [0.15, 0.2) is 0 Å². The smallest absolute Gasteiger partial charge is 0.0459 e. The van der Waals surface area contributed by atoms with E-state index >= 15 is 0 Å². The number of aliphatic hydroxyl groups excluding tert-OH is 1. The molecule has 2 nitrogen and oxygen atoms in total. The summed E-state index contributed by atoms with van der Waals surface area (Å²) in [6, 6.07) is 0. The first-order valence-corrected chi connectivity index (χ1v) is 4.17. The Bertz CT molecular complexity index is 85.3. The van der Waals surface area contributed by atoms with Crippen LogP contribution >= 0.6 is 0 Å². The average Bonchev–Trinajstić information content (AvgIpc) is 2.05. The summed E-state index contributed by atoms with van der Waals surface area (Å²) in [7, 11) is 0. The third kappa shape index (κ3) is 1.96. The highest BCUT2D eigenvalue weighted by atomic mass is 16.3. The van der Waals surface area contributed by atoms with Gasteiger partial charge in [-0.25, -0.2) is 0 Å². The molecule has 1 rings (SSSR count). The van der Waals surface area contributed by atoms with Crippen molar-refractivity contribution in [3.8, 4) is 0 Å². The first-order chi connectivity index (χ1) is 4.86. The molecule has 0 spiro atoms. The normalized spacial score (nSPS) is 34.2. The van der Waals surface area contributed by atoms with Crippen molar-refractivity contribution < 1.29 is 5.11 Å². The summed E-state index contributed by atoms with van der Waals surface area (Å²) in [5.74, 6) is 1.23. The Labute approximate surface area is 62.4 Å². The van der Waals surface area contributed by atoms with E-state index in [4.69, 9.17) is 10.8 Å². The molecular formula is C8H17NO. The summed E-state index contributed by atoms with van der Waals surface area (Å²) in [4.78, 5) is 0. The van der Waals surface area contributed by atoms with E-state index in [2.05, 4.69) is 0 Å². The van der Waals surface area contributed by atoms with Crippen molar-refractivity contribution in [3.05, 3.63) is 0 Å². The molecule has 60 valence electrons. The molecule has 1 saturated carbocycles. The summed E-state index contributed by atoms with van der Waals surface area (Å²) in [5, 5.41) is 8.86. The molecule has 0 heterocycles. The molecule has 2 heteroatoms. The Morgan fingerprint density at radius 2 is 2.00 bits per heavy atom. The van der Waals surface area contributed by atoms with Gasteiger partial charge in [-0.15, -0.1) is 0 Å². The van der Waals surface area contributed by atoms with Gasteiger partial charge in [0.05, 0.1) is 0 Å². The molecule has 0 aromatic heterocycles. The number of aliphatic hydroxyl groups is 1. The molecule has 0 saturated heterocycles. The molecule has 0 aromatic carbocycles. The summed E-state index contributed by atoms with van der Waals surface area (Å²) < 4.78 is 0. The first-order valence-electron chi connectivity index (χ1n) is 4.17. The van der Waals surface area contributed by atoms with Crippen LogP contribution in [0.2, 0.25) is 0 Å². The zero-order chi connectivity index (χ0) is 7.40. The molecule has 1 aliphatic rings. The summed E-state index contributed by atoms with van der Waals surface area (Å²) in [5.41, 5.74) is 5.54. The maximum absolute atomic E-state index is 8.86. The number of rotatable bonds is 2. The van der Waals surface area contributed by atoms with Gasteiger partial charge in [-0.2, -0.15) is 0 Å². The molecule has 10 heavy (non-hydrogen) atoms. The second kappa shape index (κ2) is 3.94. The van der Waals surface area contributed by atoms with Crippen molar-refractivity contribution in [3.63, 3.8) is 0 Å². The van der Waals surface area contributed by atoms with Crippen molar-refractivity contribution >= 4 is 0 Å². The van der Waals surface area contributed by atoms with E-state index in [1.54, 1.807) is 0 Å². The lowest BCUT2D eigenvalue weighted by Crippen LogP contribution is -2.24. The van der Waals surface area contributed by atoms with Crippen LogP contribution in [-0.4, -0.2) is 18.3 Å². The van der Waals surface area contributed by atoms with E-state index in [1.807, 2.05) is 0 Å². The van der Waals surface area contributed by atoms with Crippen LogP contribution in [0.3, 0.4) is 0 Å². The zero-order valence-electron chi connectivity index (χ0n) is 6.42. The van der Waals surface area contributed by atoms with Gasteiger partial charge in [-0.3, -0.25) is 0 Å². The van der Waals surface area contributed by atoms with Gasteiger partial charge < -0.3 is 10.8 Å². The second-order valence-electron chi connectivity index (χ2n) is 3.32. The number of nitrogens with two attached hydrogens (primary N) is 1. The molecular weight excluding hydrogens is 126 g/mol. The van der Waals surface area contributed by atoms with Gasteiger partial charge in [0, 0.05) is 6.61 Å². The molecule has 0 aromatic rings. The highest BCUT2D eigenvalue weighted by Crippen LogP contribution is 2.27. The van der Waals surface area contributed by atoms with E-state index in [-0.39, 0.29) is 0 Å². The summed E-state index contributed by atoms with van der Waals surface area (Å²) in [6.07, 6.45) is 4.88. The average molecular weight is 143 g/mol. The molecule has 2 atom stereocenters. The fraction of sp³-hybridized carbons (Fsp3) is 1.00. The SMILES string of the molecule is NC[C@H]1CCC[C@@H](CO)C1. The molecule has 0 unspecified atom stereocenters. The Kier molecular flexibility index (Phi) is 3.16. The summed E-state index contributed by atoms with van der Waals surface area (Å²) in [6.45, 7) is 1.16. The third-order valence-corrected chi connectivity index (χ3v) is 2.48. The minimum atomic E-state index is 0.358. The van der Waals surface area contributed by atoms with Crippen LogP contribution in [0, 0.1) is 11.8 Å². The molecule has 0 bridgehead atoms. The highest BCUT2D eigenvalue weighted by Gasteiger charge is 2.19. The van der Waals surface area contributed by atoms with Gasteiger partial charge >= 0.3 is 0 Å². The maximum atomic E-state index is 8.86. The Hall–Kier alpha value is -0.0800. The molecule has 0 aliphatic heterocycles. The van der Waals surface area contributed by atoms with Crippen molar-refractivity contribution in [2.45, 2.75) is 25.7 Å². The fourth-order valence-corrected chi connectivity index (χ4v) is 1.78. The van der Waals surface area contributed by atoms with E-state index < -0.39 is 0 Å². The molecule has 1 aliphatic carbocycles. The summed E-state index contributed by atoms with van der Waals surface area (Å²) >= 11 is 0. The number of hydrogen-bond acceptors (Lipinski definition) is 2. The van der Waals surface area contributed by atoms with Crippen molar-refractivity contribution in [2.24, 2.45) is 17.6 Å². The lowest BCUT2D eigenvalue weighted by molar-refractivity contribution is 0.163. The first kappa shape index (κ1) is 8.02. The predicted octanol–water partition coefficient (Wildman–Crippen LogP) is 0.744. The highest BCUT2D eigenvalue weighted by molar-refractivity contribution is 4.72. The van der Waals surface area contributed by atoms with E-state index in [1.165, 1.54) is 19.3 Å². The van der Waals surface area contributed by atoms with Crippen LogP contribution in [0.1, 0.15) is 25.7 Å². The molecule has 1 fully saturated rings. The van der Waals surface area contributed by atoms with Gasteiger partial charge in [0.2, 0.25) is 0 Å². The van der Waals surface area contributed by atoms with Gasteiger partial charge in [0.1, 0.15) is 0 Å². The lowest BCUT2D eigenvalue weighted by atomic mass is 9.82. The van der Waals surface area contributed by atoms with Crippen LogP contribution in [-0.2, 0) is 0 Å². The topological polar surface area (TPSA) is 46.2 Å². The minimum Gasteiger partial charge on any atom is -0.396 e. The van der Waals surface area contributed by atoms with Crippen molar-refractivity contribution in [2.75, 3.05) is 13.2 Å². The quantitative estimate of drug-likeness (QED) is 0.599. The van der Waals surface area contributed by atoms with Gasteiger partial charge in [-0.05, 0) is 37.6 Å². The largest absolute Gasteiger partial charge is 0.396 e. The maximum Gasteiger partial charge on any atom is 0.0459 e. The second-order valence-corrected chi connectivity index (χ2v) is 3.32. The van der Waals surface area contributed by atoms with Gasteiger partial charge in [-0.1, -0.05) is 6.42 Å². The zero-order valence-corrected chi connectivity index (χ0v) is 6.42. The van der Waals surface area contributed by atoms with Crippen LogP contribution < -0.4 is 5.73 Å². The minimum absolute atomic E-state index is 0.358. The molecule has 0 amide bonds. The molecule has 0 radical (unpaired) electrons. The lowest BCUT2D eigenvalue weighted by Gasteiger charge is -2.26. The van der Waals surface area contributed by atoms with Crippen LogP contribution in [0.4, 0.5) is 0 Å². The van der Waals surface area contributed by atoms with Gasteiger partial charge in [0.25, 0.3) is 0 Å². The van der Waals surface area contributed by atoms with Gasteiger partial charge in [0.15, 0.2) is 0 Å². The van der Waals surface area contributed by atoms with Crippen molar-refractivity contribution in [1.82, 2.24) is 0 Å². The Morgan fingerprint density at radius 3 is 2.60 bits per heavy atom. The van der Waals surface area contributed by atoms with E-state index in [0.717, 1.165) is 13.0 Å².